The van der Waals surface area contributed by atoms with Crippen molar-refractivity contribution in [3.8, 4) is 0 Å². The van der Waals surface area contributed by atoms with Gasteiger partial charge >= 0.3 is 0 Å². The minimum Gasteiger partial charge on any atom is -0.496 e. The number of ether oxygens (including phenoxy) is 1. The summed E-state index contributed by atoms with van der Waals surface area (Å²) in [4.78, 5) is 1.16. The predicted octanol–water partition coefficient (Wildman–Crippen LogP) is 2.98. The van der Waals surface area contributed by atoms with Gasteiger partial charge in [0, 0.05) is 0 Å². The molecule has 0 atom stereocenters. The zero-order valence-electron chi connectivity index (χ0n) is 7.10. The Balaban J connectivity index is 3.04. The van der Waals surface area contributed by atoms with E-state index in [2.05, 4.69) is 25.8 Å². The van der Waals surface area contributed by atoms with Crippen molar-refractivity contribution in [2.24, 2.45) is 0 Å². The van der Waals surface area contributed by atoms with E-state index in [0.29, 0.717) is 0 Å². The second-order valence-corrected chi connectivity index (χ2v) is 3.38. The maximum atomic E-state index is 5.05. The number of hydrogen-bond acceptors (Lipinski definition) is 2. The van der Waals surface area contributed by atoms with Gasteiger partial charge in [0.2, 0.25) is 0 Å². The summed E-state index contributed by atoms with van der Waals surface area (Å²) >= 11 is 1.68. The second-order valence-electron chi connectivity index (χ2n) is 2.50. The summed E-state index contributed by atoms with van der Waals surface area (Å²) in [7, 11) is 1.65. The van der Waals surface area contributed by atoms with Crippen LogP contribution in [-0.4, -0.2) is 7.11 Å². The van der Waals surface area contributed by atoms with E-state index in [1.807, 2.05) is 0 Å². The number of thiophene rings is 1. The molecular weight excluding hydrogens is 156 g/mol. The maximum Gasteiger partial charge on any atom is 0.129 e. The number of hydrogen-bond donors (Lipinski definition) is 0. The van der Waals surface area contributed by atoms with Gasteiger partial charge in [-0.1, -0.05) is 6.58 Å². The van der Waals surface area contributed by atoms with Crippen LogP contribution in [0.3, 0.4) is 0 Å². The molecule has 1 heterocycles. The van der Waals surface area contributed by atoms with Gasteiger partial charge in [0.05, 0.1) is 12.0 Å². The Bertz CT molecular complexity index is 273. The lowest BCUT2D eigenvalue weighted by molar-refractivity contribution is 0.372. The molecule has 0 aliphatic carbocycles. The molecule has 11 heavy (non-hydrogen) atoms. The second kappa shape index (κ2) is 3.09. The fraction of sp³-hybridized carbons (Fsp3) is 0.333. The van der Waals surface area contributed by atoms with Gasteiger partial charge in [0.1, 0.15) is 5.76 Å². The van der Waals surface area contributed by atoms with E-state index in [-0.39, 0.29) is 0 Å². The molecule has 0 aromatic carbocycles. The predicted molar refractivity (Wildman–Crippen MR) is 49.8 cm³/mol. The monoisotopic (exact) mass is 168 g/mol. The van der Waals surface area contributed by atoms with E-state index in [0.717, 1.165) is 10.6 Å². The third-order valence-corrected chi connectivity index (χ3v) is 3.03. The average molecular weight is 168 g/mol. The zero-order chi connectivity index (χ0) is 8.43. The number of aryl methyl sites for hydroxylation is 1. The van der Waals surface area contributed by atoms with E-state index >= 15 is 0 Å². The van der Waals surface area contributed by atoms with Crippen LogP contribution in [0.15, 0.2) is 12.0 Å². The summed E-state index contributed by atoms with van der Waals surface area (Å²) in [6, 6.07) is 0. The highest BCUT2D eigenvalue weighted by molar-refractivity contribution is 7.11. The molecule has 0 unspecified atom stereocenters. The summed E-state index contributed by atoms with van der Waals surface area (Å²) < 4.78 is 5.05. The average Bonchev–Trinajstić information content (AvgIpc) is 2.32. The molecule has 1 nitrogen and oxygen atoms in total. The Hall–Kier alpha value is -0.760. The van der Waals surface area contributed by atoms with Gasteiger partial charge in [0.15, 0.2) is 0 Å². The topological polar surface area (TPSA) is 9.23 Å². The van der Waals surface area contributed by atoms with Crippen molar-refractivity contribution in [1.82, 2.24) is 0 Å². The molecule has 0 saturated carbocycles. The lowest BCUT2D eigenvalue weighted by atomic mass is 10.2. The molecule has 0 bridgehead atoms. The Kier molecular flexibility index (Phi) is 2.35. The minimum atomic E-state index is 0.764. The fourth-order valence-corrected chi connectivity index (χ4v) is 1.89. The van der Waals surface area contributed by atoms with Crippen LogP contribution < -0.4 is 0 Å². The van der Waals surface area contributed by atoms with Crippen LogP contribution in [0.5, 0.6) is 0 Å². The summed E-state index contributed by atoms with van der Waals surface area (Å²) in [6.45, 7) is 7.99. The first-order valence-corrected chi connectivity index (χ1v) is 4.32. The lowest BCUT2D eigenvalue weighted by Crippen LogP contribution is -1.83. The first-order chi connectivity index (χ1) is 5.16. The molecule has 2 heteroatoms. The molecule has 0 spiro atoms. The first-order valence-electron chi connectivity index (χ1n) is 3.44. The molecule has 0 amide bonds. The number of rotatable bonds is 2. The van der Waals surface area contributed by atoms with Gasteiger partial charge in [0.25, 0.3) is 0 Å². The van der Waals surface area contributed by atoms with Crippen LogP contribution >= 0.6 is 11.3 Å². The molecule has 0 fully saturated rings. The van der Waals surface area contributed by atoms with E-state index in [4.69, 9.17) is 4.74 Å². The highest BCUT2D eigenvalue weighted by atomic mass is 32.1. The zero-order valence-corrected chi connectivity index (χ0v) is 7.92. The Morgan fingerprint density at radius 2 is 2.18 bits per heavy atom. The molecule has 0 saturated heterocycles. The molecule has 60 valence electrons. The standard InChI is InChI=1S/C9H12OS/c1-6-5-11-9(7(6)2)8(3)10-4/h5H,3H2,1-2,4H3. The summed E-state index contributed by atoms with van der Waals surface area (Å²) in [5.41, 5.74) is 2.59. The Morgan fingerprint density at radius 1 is 1.55 bits per heavy atom. The van der Waals surface area contributed by atoms with E-state index in [1.54, 1.807) is 18.4 Å². The van der Waals surface area contributed by atoms with Gasteiger partial charge < -0.3 is 4.74 Å². The molecular formula is C9H12OS. The van der Waals surface area contributed by atoms with Gasteiger partial charge in [-0.25, -0.2) is 0 Å². The maximum absolute atomic E-state index is 5.05. The third-order valence-electron chi connectivity index (χ3n) is 1.79. The number of methoxy groups -OCH3 is 1. The molecule has 1 aromatic rings. The van der Waals surface area contributed by atoms with Crippen molar-refractivity contribution >= 4 is 17.1 Å². The highest BCUT2D eigenvalue weighted by Gasteiger charge is 2.06. The van der Waals surface area contributed by atoms with Crippen LogP contribution in [0.1, 0.15) is 16.0 Å². The molecule has 0 N–H and O–H groups in total. The Labute approximate surface area is 71.3 Å². The van der Waals surface area contributed by atoms with Crippen LogP contribution in [0.4, 0.5) is 0 Å². The molecule has 0 aliphatic heterocycles. The van der Waals surface area contributed by atoms with Gasteiger partial charge in [-0.05, 0) is 30.4 Å². The van der Waals surface area contributed by atoms with E-state index in [1.165, 1.54) is 11.1 Å². The smallest absolute Gasteiger partial charge is 0.129 e. The van der Waals surface area contributed by atoms with Gasteiger partial charge in [-0.2, -0.15) is 0 Å². The van der Waals surface area contributed by atoms with Crippen LogP contribution in [-0.2, 0) is 4.74 Å². The van der Waals surface area contributed by atoms with Crippen molar-refractivity contribution in [3.63, 3.8) is 0 Å². The molecule has 0 radical (unpaired) electrons. The minimum absolute atomic E-state index is 0.764. The van der Waals surface area contributed by atoms with Crippen LogP contribution in [0.2, 0.25) is 0 Å². The van der Waals surface area contributed by atoms with Crippen molar-refractivity contribution in [1.29, 1.82) is 0 Å². The summed E-state index contributed by atoms with van der Waals surface area (Å²) in [6.07, 6.45) is 0. The van der Waals surface area contributed by atoms with Gasteiger partial charge in [-0.3, -0.25) is 0 Å². The van der Waals surface area contributed by atoms with E-state index in [9.17, 15) is 0 Å². The quantitative estimate of drug-likeness (QED) is 0.617. The van der Waals surface area contributed by atoms with Crippen LogP contribution in [0.25, 0.3) is 5.76 Å². The van der Waals surface area contributed by atoms with Gasteiger partial charge in [-0.15, -0.1) is 11.3 Å². The largest absolute Gasteiger partial charge is 0.496 e. The lowest BCUT2D eigenvalue weighted by Gasteiger charge is -2.01. The van der Waals surface area contributed by atoms with Crippen molar-refractivity contribution in [3.05, 3.63) is 28.0 Å². The third kappa shape index (κ3) is 1.46. The molecule has 1 aromatic heterocycles. The molecule has 1 rings (SSSR count). The fourth-order valence-electron chi connectivity index (χ4n) is 0.871. The van der Waals surface area contributed by atoms with Crippen LogP contribution in [0, 0.1) is 13.8 Å². The summed E-state index contributed by atoms with van der Waals surface area (Å²) in [5, 5.41) is 2.12. The molecule has 0 aliphatic rings. The Morgan fingerprint density at radius 3 is 2.55 bits per heavy atom. The van der Waals surface area contributed by atoms with Crippen molar-refractivity contribution < 1.29 is 4.74 Å². The first kappa shape index (κ1) is 8.34. The SMILES string of the molecule is C=C(OC)c1scc(C)c1C. The van der Waals surface area contributed by atoms with E-state index < -0.39 is 0 Å². The van der Waals surface area contributed by atoms with Crippen molar-refractivity contribution in [2.75, 3.05) is 7.11 Å². The normalized spacial score (nSPS) is 9.73. The highest BCUT2D eigenvalue weighted by Crippen LogP contribution is 2.27. The summed E-state index contributed by atoms with van der Waals surface area (Å²) in [5.74, 6) is 0.764. The van der Waals surface area contributed by atoms with Crippen molar-refractivity contribution in [2.45, 2.75) is 13.8 Å².